The average Bonchev–Trinajstić information content (AvgIpc) is 2.53. The zero-order valence-electron chi connectivity index (χ0n) is 12.1. The van der Waals surface area contributed by atoms with Crippen LogP contribution in [0.5, 0.6) is 0 Å². The van der Waals surface area contributed by atoms with E-state index in [0.29, 0.717) is 0 Å². The van der Waals surface area contributed by atoms with Gasteiger partial charge >= 0.3 is 0 Å². The van der Waals surface area contributed by atoms with E-state index in [1.165, 1.54) is 22.3 Å². The van der Waals surface area contributed by atoms with Crippen LogP contribution in [-0.4, -0.2) is 6.04 Å². The summed E-state index contributed by atoms with van der Waals surface area (Å²) in [6.45, 7) is 0. The van der Waals surface area contributed by atoms with E-state index in [1.807, 2.05) is 24.3 Å². The van der Waals surface area contributed by atoms with E-state index in [-0.39, 0.29) is 6.04 Å². The topological polar surface area (TPSA) is 64.1 Å². The van der Waals surface area contributed by atoms with Gasteiger partial charge in [0, 0.05) is 22.6 Å². The molecule has 4 rings (SSSR count). The molecule has 2 aromatic rings. The molecule has 0 saturated heterocycles. The van der Waals surface area contributed by atoms with Gasteiger partial charge in [0.05, 0.1) is 6.04 Å². The highest BCUT2D eigenvalue weighted by Gasteiger charge is 2.26. The number of fused-ring (bicyclic) bond motifs is 2. The van der Waals surface area contributed by atoms with Gasteiger partial charge < -0.3 is 16.8 Å². The minimum absolute atomic E-state index is 0.104. The summed E-state index contributed by atoms with van der Waals surface area (Å²) in [5, 5.41) is 3.55. The quantitative estimate of drug-likeness (QED) is 0.705. The van der Waals surface area contributed by atoms with Crippen molar-refractivity contribution in [1.82, 2.24) is 0 Å². The SMILES string of the molecule is NC1=CC2Nc3ccccc3C(c3ccc(N)cc3)=C2C=C1. The van der Waals surface area contributed by atoms with Crippen LogP contribution in [0.15, 0.2) is 78.0 Å². The van der Waals surface area contributed by atoms with Crippen LogP contribution in [0.1, 0.15) is 11.1 Å². The number of nitrogens with two attached hydrogens (primary N) is 2. The molecule has 0 bridgehead atoms. The van der Waals surface area contributed by atoms with Gasteiger partial charge in [-0.25, -0.2) is 0 Å². The zero-order valence-corrected chi connectivity index (χ0v) is 12.1. The predicted octanol–water partition coefficient (Wildman–Crippen LogP) is 3.28. The Morgan fingerprint density at radius 3 is 2.45 bits per heavy atom. The number of nitrogens with one attached hydrogen (secondary N) is 1. The van der Waals surface area contributed by atoms with E-state index in [2.05, 4.69) is 47.8 Å². The molecule has 0 spiro atoms. The highest BCUT2D eigenvalue weighted by molar-refractivity contribution is 5.93. The summed E-state index contributed by atoms with van der Waals surface area (Å²) in [7, 11) is 0. The second-order valence-electron chi connectivity index (χ2n) is 5.62. The monoisotopic (exact) mass is 287 g/mol. The van der Waals surface area contributed by atoms with Gasteiger partial charge in [-0.05, 0) is 47.1 Å². The van der Waals surface area contributed by atoms with Gasteiger partial charge in [-0.15, -0.1) is 0 Å². The summed E-state index contributed by atoms with van der Waals surface area (Å²) in [5.74, 6) is 0. The van der Waals surface area contributed by atoms with Crippen molar-refractivity contribution < 1.29 is 0 Å². The Morgan fingerprint density at radius 2 is 1.64 bits per heavy atom. The Morgan fingerprint density at radius 1 is 0.864 bits per heavy atom. The lowest BCUT2D eigenvalue weighted by Crippen LogP contribution is -2.27. The number of hydrogen-bond donors (Lipinski definition) is 3. The van der Waals surface area contributed by atoms with Crippen LogP contribution in [0.2, 0.25) is 0 Å². The van der Waals surface area contributed by atoms with Gasteiger partial charge in [-0.1, -0.05) is 36.4 Å². The van der Waals surface area contributed by atoms with E-state index < -0.39 is 0 Å². The van der Waals surface area contributed by atoms with Crippen molar-refractivity contribution >= 4 is 16.9 Å². The van der Waals surface area contributed by atoms with Crippen LogP contribution in [0.3, 0.4) is 0 Å². The largest absolute Gasteiger partial charge is 0.399 e. The molecule has 3 heteroatoms. The normalized spacial score (nSPS) is 19.1. The first-order valence-electron chi connectivity index (χ1n) is 7.34. The van der Waals surface area contributed by atoms with E-state index in [0.717, 1.165) is 17.1 Å². The highest BCUT2D eigenvalue weighted by atomic mass is 14.9. The molecule has 0 aromatic heterocycles. The van der Waals surface area contributed by atoms with Gasteiger partial charge in [0.15, 0.2) is 0 Å². The Kier molecular flexibility index (Phi) is 2.79. The Balaban J connectivity index is 1.97. The molecule has 22 heavy (non-hydrogen) atoms. The minimum atomic E-state index is 0.104. The first-order valence-corrected chi connectivity index (χ1v) is 7.34. The van der Waals surface area contributed by atoms with Crippen molar-refractivity contribution in [3.05, 3.63) is 89.2 Å². The van der Waals surface area contributed by atoms with Crippen molar-refractivity contribution in [2.75, 3.05) is 11.1 Å². The second-order valence-corrected chi connectivity index (χ2v) is 5.62. The van der Waals surface area contributed by atoms with E-state index in [9.17, 15) is 0 Å². The summed E-state index contributed by atoms with van der Waals surface area (Å²) in [6, 6.07) is 16.5. The lowest BCUT2D eigenvalue weighted by atomic mass is 9.83. The maximum atomic E-state index is 5.96. The number of anilines is 2. The standard InChI is InChI=1S/C19H17N3/c20-13-7-5-12(6-8-13)19-15-3-1-2-4-17(15)22-18-11-14(21)9-10-16(18)19/h1-11,18,22H,20-21H2. The molecule has 0 radical (unpaired) electrons. The van der Waals surface area contributed by atoms with Gasteiger partial charge in [-0.2, -0.15) is 0 Å². The number of nitrogen functional groups attached to an aromatic ring is 1. The van der Waals surface area contributed by atoms with Crippen LogP contribution in [-0.2, 0) is 0 Å². The molecule has 5 N–H and O–H groups in total. The molecule has 0 fully saturated rings. The first-order chi connectivity index (χ1) is 10.7. The van der Waals surface area contributed by atoms with Crippen molar-refractivity contribution in [3.8, 4) is 0 Å². The molecule has 0 saturated carbocycles. The summed E-state index contributed by atoms with van der Waals surface area (Å²) in [4.78, 5) is 0. The zero-order chi connectivity index (χ0) is 15.1. The summed E-state index contributed by atoms with van der Waals surface area (Å²) < 4.78 is 0. The summed E-state index contributed by atoms with van der Waals surface area (Å²) in [5.41, 5.74) is 19.3. The van der Waals surface area contributed by atoms with E-state index in [1.54, 1.807) is 0 Å². The second kappa shape index (κ2) is 4.81. The van der Waals surface area contributed by atoms with Crippen molar-refractivity contribution in [2.45, 2.75) is 6.04 Å². The van der Waals surface area contributed by atoms with Gasteiger partial charge in [-0.3, -0.25) is 0 Å². The van der Waals surface area contributed by atoms with Crippen molar-refractivity contribution in [2.24, 2.45) is 5.73 Å². The maximum Gasteiger partial charge on any atom is 0.0727 e. The molecule has 0 amide bonds. The fraction of sp³-hybridized carbons (Fsp3) is 0.0526. The average molecular weight is 287 g/mol. The third-order valence-electron chi connectivity index (χ3n) is 4.14. The molecule has 1 atom stereocenters. The number of rotatable bonds is 1. The third-order valence-corrected chi connectivity index (χ3v) is 4.14. The van der Waals surface area contributed by atoms with Crippen LogP contribution in [0.25, 0.3) is 5.57 Å². The molecule has 2 aromatic carbocycles. The lowest BCUT2D eigenvalue weighted by Gasteiger charge is -2.31. The molecular weight excluding hydrogens is 270 g/mol. The summed E-state index contributed by atoms with van der Waals surface area (Å²) in [6.07, 6.45) is 6.12. The molecular formula is C19H17N3. The van der Waals surface area contributed by atoms with Crippen LogP contribution < -0.4 is 16.8 Å². The van der Waals surface area contributed by atoms with Crippen LogP contribution >= 0.6 is 0 Å². The van der Waals surface area contributed by atoms with Crippen LogP contribution in [0.4, 0.5) is 11.4 Å². The van der Waals surface area contributed by atoms with Gasteiger partial charge in [0.25, 0.3) is 0 Å². The first kappa shape index (κ1) is 12.8. The number of para-hydroxylation sites is 1. The van der Waals surface area contributed by atoms with Crippen molar-refractivity contribution in [1.29, 1.82) is 0 Å². The molecule has 108 valence electrons. The Labute approximate surface area is 129 Å². The Bertz CT molecular complexity index is 826. The molecule has 1 heterocycles. The van der Waals surface area contributed by atoms with Crippen LogP contribution in [0, 0.1) is 0 Å². The smallest absolute Gasteiger partial charge is 0.0727 e. The van der Waals surface area contributed by atoms with Gasteiger partial charge in [0.1, 0.15) is 0 Å². The molecule has 1 unspecified atom stereocenters. The predicted molar refractivity (Wildman–Crippen MR) is 92.1 cm³/mol. The molecule has 3 nitrogen and oxygen atoms in total. The van der Waals surface area contributed by atoms with E-state index >= 15 is 0 Å². The van der Waals surface area contributed by atoms with Gasteiger partial charge in [0.2, 0.25) is 0 Å². The maximum absolute atomic E-state index is 5.96. The summed E-state index contributed by atoms with van der Waals surface area (Å²) >= 11 is 0. The van der Waals surface area contributed by atoms with Crippen molar-refractivity contribution in [3.63, 3.8) is 0 Å². The van der Waals surface area contributed by atoms with E-state index in [4.69, 9.17) is 11.5 Å². The Hall–Kier alpha value is -2.94. The minimum Gasteiger partial charge on any atom is -0.399 e. The highest BCUT2D eigenvalue weighted by Crippen LogP contribution is 2.40. The molecule has 2 aliphatic rings. The number of benzene rings is 2. The lowest BCUT2D eigenvalue weighted by molar-refractivity contribution is 1.01. The fourth-order valence-electron chi connectivity index (χ4n) is 3.11. The number of allylic oxidation sites excluding steroid dienone is 1. The molecule has 1 aliphatic carbocycles. The number of hydrogen-bond acceptors (Lipinski definition) is 3. The fourth-order valence-corrected chi connectivity index (χ4v) is 3.11. The molecule has 1 aliphatic heterocycles. The third kappa shape index (κ3) is 1.99.